The van der Waals surface area contributed by atoms with E-state index in [1.807, 2.05) is 6.92 Å². The van der Waals surface area contributed by atoms with Crippen molar-refractivity contribution in [3.8, 4) is 0 Å². The van der Waals surface area contributed by atoms with Crippen LogP contribution in [0.5, 0.6) is 0 Å². The van der Waals surface area contributed by atoms with Gasteiger partial charge in [0.05, 0.1) is 6.42 Å². The fourth-order valence-electron chi connectivity index (χ4n) is 1.16. The molecule has 0 spiro atoms. The third-order valence-corrected chi connectivity index (χ3v) is 6.18. The van der Waals surface area contributed by atoms with E-state index >= 15 is 0 Å². The second kappa shape index (κ2) is 9.00. The number of hydrogen-bond donors (Lipinski definition) is 1. The van der Waals surface area contributed by atoms with Gasteiger partial charge in [-0.25, -0.2) is 0 Å². The fourth-order valence-corrected chi connectivity index (χ4v) is 4.65. The predicted molar refractivity (Wildman–Crippen MR) is 65.8 cm³/mol. The summed E-state index contributed by atoms with van der Waals surface area (Å²) in [6.45, 7) is 2.46. The molecule has 0 aromatic rings. The van der Waals surface area contributed by atoms with Gasteiger partial charge >= 0.3 is 14.8 Å². The summed E-state index contributed by atoms with van der Waals surface area (Å²) in [7, 11) is 0.692. The molecule has 0 bridgehead atoms. The van der Waals surface area contributed by atoms with E-state index in [1.165, 1.54) is 0 Å². The lowest BCUT2D eigenvalue weighted by atomic mass is 10.5. The van der Waals surface area contributed by atoms with Gasteiger partial charge in [-0.3, -0.25) is 4.79 Å². The van der Waals surface area contributed by atoms with Crippen LogP contribution in [0.2, 0.25) is 6.04 Å². The molecule has 0 saturated carbocycles. The van der Waals surface area contributed by atoms with Crippen LogP contribution in [0.4, 0.5) is 0 Å². The highest BCUT2D eigenvalue weighted by atomic mass is 32.2. The van der Waals surface area contributed by atoms with E-state index in [0.717, 1.165) is 5.75 Å². The number of thioether (sulfide) groups is 1. The molecule has 0 aliphatic heterocycles. The molecule has 5 nitrogen and oxygen atoms in total. The minimum absolute atomic E-state index is 0.188. The van der Waals surface area contributed by atoms with Crippen LogP contribution in [0, 0.1) is 0 Å². The molecule has 96 valence electrons. The molecule has 0 amide bonds. The first kappa shape index (κ1) is 15.9. The minimum Gasteiger partial charge on any atom is -0.481 e. The topological polar surface area (TPSA) is 65.0 Å². The monoisotopic (exact) mass is 268 g/mol. The van der Waals surface area contributed by atoms with Crippen molar-refractivity contribution in [2.24, 2.45) is 0 Å². The van der Waals surface area contributed by atoms with Crippen LogP contribution in [0.1, 0.15) is 13.3 Å². The lowest BCUT2D eigenvalue weighted by Crippen LogP contribution is -2.44. The first-order valence-corrected chi connectivity index (χ1v) is 8.22. The van der Waals surface area contributed by atoms with Crippen molar-refractivity contribution in [3.05, 3.63) is 0 Å². The minimum atomic E-state index is -2.49. The Kier molecular flexibility index (Phi) is 8.95. The molecular weight excluding hydrogens is 248 g/mol. The van der Waals surface area contributed by atoms with Gasteiger partial charge in [-0.1, -0.05) is 0 Å². The van der Waals surface area contributed by atoms with Crippen LogP contribution in [0.25, 0.3) is 0 Å². The standard InChI is InChI=1S/C9H20O5SSi/c1-4-14-16(12-2,13-3)8-7-15-6-5-9(10)11/h4-8H2,1-3H3,(H,10,11). The maximum absolute atomic E-state index is 10.3. The number of rotatable bonds is 10. The van der Waals surface area contributed by atoms with E-state index in [-0.39, 0.29) is 6.42 Å². The number of aliphatic carboxylic acids is 1. The Balaban J connectivity index is 3.79. The Labute approximate surface area is 102 Å². The third kappa shape index (κ3) is 6.49. The Bertz CT molecular complexity index is 198. The van der Waals surface area contributed by atoms with Gasteiger partial charge in [-0.15, -0.1) is 0 Å². The molecule has 0 aromatic heterocycles. The van der Waals surface area contributed by atoms with E-state index in [4.69, 9.17) is 18.4 Å². The Morgan fingerprint density at radius 2 is 1.94 bits per heavy atom. The van der Waals surface area contributed by atoms with Crippen LogP contribution in [-0.2, 0) is 18.1 Å². The predicted octanol–water partition coefficient (Wildman–Crippen LogP) is 1.46. The zero-order valence-electron chi connectivity index (χ0n) is 10.0. The van der Waals surface area contributed by atoms with E-state index in [0.29, 0.717) is 18.4 Å². The highest BCUT2D eigenvalue weighted by molar-refractivity contribution is 7.99. The Hall–Kier alpha value is -0.0831. The lowest BCUT2D eigenvalue weighted by molar-refractivity contribution is -0.136. The van der Waals surface area contributed by atoms with Crippen LogP contribution in [0.3, 0.4) is 0 Å². The van der Waals surface area contributed by atoms with Gasteiger partial charge in [0.2, 0.25) is 0 Å². The summed E-state index contributed by atoms with van der Waals surface area (Å²) in [6.07, 6.45) is 0.188. The molecule has 0 aromatic carbocycles. The van der Waals surface area contributed by atoms with Crippen molar-refractivity contribution >= 4 is 26.5 Å². The average molecular weight is 268 g/mol. The molecule has 7 heteroatoms. The summed E-state index contributed by atoms with van der Waals surface area (Å²) >= 11 is 1.58. The first-order valence-electron chi connectivity index (χ1n) is 5.14. The second-order valence-corrected chi connectivity index (χ2v) is 7.23. The van der Waals surface area contributed by atoms with Crippen molar-refractivity contribution < 1.29 is 23.2 Å². The smallest absolute Gasteiger partial charge is 0.481 e. The van der Waals surface area contributed by atoms with Crippen LogP contribution in [0.15, 0.2) is 0 Å². The van der Waals surface area contributed by atoms with Crippen molar-refractivity contribution in [2.75, 3.05) is 32.3 Å². The molecule has 0 aliphatic carbocycles. The zero-order chi connectivity index (χ0) is 12.4. The Morgan fingerprint density at radius 1 is 1.31 bits per heavy atom. The van der Waals surface area contributed by atoms with E-state index in [2.05, 4.69) is 0 Å². The molecule has 0 radical (unpaired) electrons. The molecule has 1 N–H and O–H groups in total. The van der Waals surface area contributed by atoms with Gasteiger partial charge in [0, 0.05) is 32.6 Å². The number of carbonyl (C=O) groups is 1. The molecule has 0 aliphatic rings. The average Bonchev–Trinajstić information content (AvgIpc) is 2.27. The molecule has 0 saturated heterocycles. The summed E-state index contributed by atoms with van der Waals surface area (Å²) in [5, 5.41) is 8.47. The molecule has 0 fully saturated rings. The molecule has 0 atom stereocenters. The molecular formula is C9H20O5SSi. The van der Waals surface area contributed by atoms with Gasteiger partial charge < -0.3 is 18.4 Å². The SMILES string of the molecule is CCO[Si](CCSCCC(=O)O)(OC)OC. The van der Waals surface area contributed by atoms with Crippen LogP contribution < -0.4 is 0 Å². The van der Waals surface area contributed by atoms with Crippen molar-refractivity contribution in [2.45, 2.75) is 19.4 Å². The summed E-state index contributed by atoms with van der Waals surface area (Å²) in [6, 6.07) is 0.706. The largest absolute Gasteiger partial charge is 0.501 e. The molecule has 0 heterocycles. The third-order valence-electron chi connectivity index (χ3n) is 2.00. The van der Waals surface area contributed by atoms with E-state index < -0.39 is 14.8 Å². The first-order chi connectivity index (χ1) is 7.60. The summed E-state index contributed by atoms with van der Waals surface area (Å²) in [5.41, 5.74) is 0. The zero-order valence-corrected chi connectivity index (χ0v) is 11.8. The normalized spacial score (nSPS) is 11.7. The second-order valence-electron chi connectivity index (χ2n) is 3.03. The molecule has 0 rings (SSSR count). The van der Waals surface area contributed by atoms with Crippen LogP contribution >= 0.6 is 11.8 Å². The van der Waals surface area contributed by atoms with Crippen molar-refractivity contribution in [1.29, 1.82) is 0 Å². The van der Waals surface area contributed by atoms with Gasteiger partial charge in [-0.2, -0.15) is 11.8 Å². The summed E-state index contributed by atoms with van der Waals surface area (Å²) in [4.78, 5) is 10.3. The van der Waals surface area contributed by atoms with E-state index in [9.17, 15) is 4.79 Å². The number of carboxylic acids is 1. The lowest BCUT2D eigenvalue weighted by Gasteiger charge is -2.25. The van der Waals surface area contributed by atoms with Crippen molar-refractivity contribution in [1.82, 2.24) is 0 Å². The van der Waals surface area contributed by atoms with Crippen molar-refractivity contribution in [3.63, 3.8) is 0 Å². The van der Waals surface area contributed by atoms with Crippen LogP contribution in [-0.4, -0.2) is 52.2 Å². The molecule has 16 heavy (non-hydrogen) atoms. The Morgan fingerprint density at radius 3 is 2.38 bits per heavy atom. The summed E-state index contributed by atoms with van der Waals surface area (Å²) < 4.78 is 16.2. The number of hydrogen-bond acceptors (Lipinski definition) is 5. The van der Waals surface area contributed by atoms with Gasteiger partial charge in [0.1, 0.15) is 0 Å². The highest BCUT2D eigenvalue weighted by Crippen LogP contribution is 2.17. The van der Waals surface area contributed by atoms with E-state index in [1.54, 1.807) is 26.0 Å². The fraction of sp³-hybridized carbons (Fsp3) is 0.889. The van der Waals surface area contributed by atoms with Gasteiger partial charge in [-0.05, 0) is 12.7 Å². The maximum atomic E-state index is 10.3. The number of carboxylic acid groups (broad SMARTS) is 1. The van der Waals surface area contributed by atoms with Gasteiger partial charge in [0.25, 0.3) is 0 Å². The van der Waals surface area contributed by atoms with Gasteiger partial charge in [0.15, 0.2) is 0 Å². The maximum Gasteiger partial charge on any atom is 0.501 e. The summed E-state index contributed by atoms with van der Waals surface area (Å²) in [5.74, 6) is 0.639. The molecule has 0 unspecified atom stereocenters. The highest BCUT2D eigenvalue weighted by Gasteiger charge is 2.37. The quantitative estimate of drug-likeness (QED) is 0.478.